The third kappa shape index (κ3) is 3.73. The molecule has 2 rings (SSSR count). The molecule has 0 aliphatic heterocycles. The average molecular weight is 349 g/mol. The van der Waals surface area contributed by atoms with Crippen LogP contribution < -0.4 is 5.32 Å². The second kappa shape index (κ2) is 6.34. The predicted octanol–water partition coefficient (Wildman–Crippen LogP) is 2.24. The van der Waals surface area contributed by atoms with E-state index in [0.717, 1.165) is 6.92 Å². The summed E-state index contributed by atoms with van der Waals surface area (Å²) < 4.78 is 68.9. The van der Waals surface area contributed by atoms with Gasteiger partial charge in [0.2, 0.25) is 11.6 Å². The summed E-state index contributed by atoms with van der Waals surface area (Å²) in [6.07, 6.45) is -4.89. The van der Waals surface area contributed by atoms with Crippen molar-refractivity contribution in [1.82, 2.24) is 15.5 Å². The molecule has 1 N–H and O–H groups in total. The van der Waals surface area contributed by atoms with Gasteiger partial charge in [0.15, 0.2) is 0 Å². The van der Waals surface area contributed by atoms with Crippen LogP contribution in [0.25, 0.3) is 11.4 Å². The summed E-state index contributed by atoms with van der Waals surface area (Å²) in [6.45, 7) is 0.357. The molecule has 0 aliphatic carbocycles. The summed E-state index contributed by atoms with van der Waals surface area (Å²) in [5, 5.41) is 5.00. The molecular weight excluding hydrogens is 341 g/mol. The zero-order valence-electron chi connectivity index (χ0n) is 11.9. The van der Waals surface area contributed by atoms with Gasteiger partial charge in [-0.3, -0.25) is 9.59 Å². The van der Waals surface area contributed by atoms with Gasteiger partial charge >= 0.3 is 12.1 Å². The number of nitrogens with one attached hydrogen (secondary N) is 1. The van der Waals surface area contributed by atoms with Gasteiger partial charge in [-0.1, -0.05) is 5.16 Å². The third-order valence-electron chi connectivity index (χ3n) is 2.81. The molecule has 1 aromatic heterocycles. The average Bonchev–Trinajstić information content (AvgIpc) is 2.95. The molecule has 11 heteroatoms. The highest BCUT2D eigenvalue weighted by Crippen LogP contribution is 2.30. The lowest BCUT2D eigenvalue weighted by Gasteiger charge is -2.07. The summed E-state index contributed by atoms with van der Waals surface area (Å²) in [5.41, 5.74) is -0.959. The lowest BCUT2D eigenvalue weighted by atomic mass is 10.1. The van der Waals surface area contributed by atoms with E-state index in [2.05, 4.69) is 14.7 Å². The van der Waals surface area contributed by atoms with Crippen molar-refractivity contribution in [2.24, 2.45) is 0 Å². The fourth-order valence-electron chi connectivity index (χ4n) is 1.65. The van der Waals surface area contributed by atoms with Gasteiger partial charge in [-0.2, -0.15) is 18.2 Å². The van der Waals surface area contributed by atoms with E-state index in [1.165, 1.54) is 0 Å². The molecule has 1 amide bonds. The van der Waals surface area contributed by atoms with Crippen LogP contribution in [-0.4, -0.2) is 21.8 Å². The van der Waals surface area contributed by atoms with Crippen molar-refractivity contribution in [3.8, 4) is 11.4 Å². The zero-order valence-corrected chi connectivity index (χ0v) is 11.9. The van der Waals surface area contributed by atoms with Crippen molar-refractivity contribution < 1.29 is 36.1 Å². The van der Waals surface area contributed by atoms with Gasteiger partial charge in [-0.05, 0) is 12.1 Å². The number of benzene rings is 1. The Balaban J connectivity index is 2.28. The molecule has 0 spiro atoms. The van der Waals surface area contributed by atoms with E-state index in [-0.39, 0.29) is 5.56 Å². The number of alkyl halides is 3. The number of nitrogens with zero attached hydrogens (tertiary/aromatic N) is 2. The van der Waals surface area contributed by atoms with Crippen LogP contribution in [0.1, 0.15) is 18.4 Å². The Labute approximate surface area is 130 Å². The largest absolute Gasteiger partial charge is 0.471 e. The summed E-state index contributed by atoms with van der Waals surface area (Å²) in [7, 11) is 0. The first-order chi connectivity index (χ1) is 11.1. The van der Waals surface area contributed by atoms with Crippen LogP contribution in [0, 0.1) is 11.6 Å². The van der Waals surface area contributed by atoms with Gasteiger partial charge in [0.1, 0.15) is 11.6 Å². The molecule has 0 bridgehead atoms. The fraction of sp³-hybridized carbons (Fsp3) is 0.231. The second-order valence-corrected chi connectivity index (χ2v) is 4.58. The van der Waals surface area contributed by atoms with Crippen molar-refractivity contribution in [1.29, 1.82) is 0 Å². The van der Waals surface area contributed by atoms with E-state index in [1.807, 2.05) is 5.32 Å². The van der Waals surface area contributed by atoms with E-state index in [4.69, 9.17) is 0 Å². The highest BCUT2D eigenvalue weighted by molar-refractivity contribution is 6.35. The molecule has 6 nitrogen and oxygen atoms in total. The summed E-state index contributed by atoms with van der Waals surface area (Å²) in [4.78, 5) is 24.8. The predicted molar refractivity (Wildman–Crippen MR) is 67.2 cm³/mol. The Hall–Kier alpha value is -2.85. The van der Waals surface area contributed by atoms with Crippen molar-refractivity contribution in [3.63, 3.8) is 0 Å². The third-order valence-corrected chi connectivity index (χ3v) is 2.81. The van der Waals surface area contributed by atoms with Crippen LogP contribution in [0.4, 0.5) is 22.0 Å². The molecule has 0 saturated carbocycles. The zero-order chi connectivity index (χ0) is 18.1. The van der Waals surface area contributed by atoms with Gasteiger partial charge in [0, 0.05) is 24.6 Å². The highest BCUT2D eigenvalue weighted by Gasteiger charge is 2.38. The summed E-state index contributed by atoms with van der Waals surface area (Å²) in [6, 6.07) is 1.37. The van der Waals surface area contributed by atoms with Crippen LogP contribution in [-0.2, 0) is 22.3 Å². The maximum absolute atomic E-state index is 13.9. The molecule has 0 unspecified atom stereocenters. The topological polar surface area (TPSA) is 85.1 Å². The summed E-state index contributed by atoms with van der Waals surface area (Å²) in [5.74, 6) is -6.51. The number of rotatable bonds is 4. The molecule has 1 aromatic carbocycles. The Morgan fingerprint density at radius 2 is 1.79 bits per heavy atom. The Morgan fingerprint density at radius 1 is 1.21 bits per heavy atom. The SMILES string of the molecule is CC(=O)C(=O)NCc1c(F)cc(-c2noc(C(F)(F)F)n2)cc1F. The summed E-state index contributed by atoms with van der Waals surface area (Å²) >= 11 is 0. The van der Waals surface area contributed by atoms with Crippen LogP contribution in [0.5, 0.6) is 0 Å². The number of hydrogen-bond donors (Lipinski definition) is 1. The highest BCUT2D eigenvalue weighted by atomic mass is 19.4. The minimum Gasteiger partial charge on any atom is -0.345 e. The Bertz CT molecular complexity index is 777. The number of ketones is 1. The van der Waals surface area contributed by atoms with Crippen molar-refractivity contribution in [3.05, 3.63) is 35.2 Å². The quantitative estimate of drug-likeness (QED) is 0.676. The minimum absolute atomic E-state index is 0.383. The van der Waals surface area contributed by atoms with Crippen LogP contribution in [0.2, 0.25) is 0 Å². The van der Waals surface area contributed by atoms with Gasteiger partial charge in [-0.25, -0.2) is 8.78 Å². The van der Waals surface area contributed by atoms with E-state index >= 15 is 0 Å². The monoisotopic (exact) mass is 349 g/mol. The molecule has 128 valence electrons. The van der Waals surface area contributed by atoms with Gasteiger partial charge in [0.05, 0.1) is 0 Å². The first-order valence-corrected chi connectivity index (χ1v) is 6.27. The number of carbonyl (C=O) groups is 2. The lowest BCUT2D eigenvalue weighted by molar-refractivity contribution is -0.159. The standard InChI is InChI=1S/C13H8F5N3O3/c1-5(22)11(23)19-4-7-8(14)2-6(3-9(7)15)10-20-12(24-21-10)13(16,17)18/h2-3H,4H2,1H3,(H,19,23). The van der Waals surface area contributed by atoms with E-state index < -0.39 is 53.3 Å². The number of Topliss-reactive ketones (excluding diaryl/α,β-unsaturated/α-hetero) is 1. The molecule has 0 aliphatic rings. The number of halogens is 5. The number of amides is 1. The van der Waals surface area contributed by atoms with Gasteiger partial charge < -0.3 is 9.84 Å². The molecule has 0 fully saturated rings. The molecule has 2 aromatic rings. The van der Waals surface area contributed by atoms with Gasteiger partial charge in [-0.15, -0.1) is 0 Å². The smallest absolute Gasteiger partial charge is 0.345 e. The molecular formula is C13H8F5N3O3. The number of carbonyl (C=O) groups excluding carboxylic acids is 2. The van der Waals surface area contributed by atoms with Gasteiger partial charge in [0.25, 0.3) is 5.91 Å². The van der Waals surface area contributed by atoms with Crippen LogP contribution in [0.3, 0.4) is 0 Å². The second-order valence-electron chi connectivity index (χ2n) is 4.58. The Kier molecular flexibility index (Phi) is 4.62. The van der Waals surface area contributed by atoms with Crippen LogP contribution >= 0.6 is 0 Å². The Morgan fingerprint density at radius 3 is 2.25 bits per heavy atom. The molecule has 0 saturated heterocycles. The normalized spacial score (nSPS) is 11.4. The number of aromatic nitrogens is 2. The first-order valence-electron chi connectivity index (χ1n) is 6.27. The van der Waals surface area contributed by atoms with Crippen LogP contribution in [0.15, 0.2) is 16.7 Å². The minimum atomic E-state index is -4.89. The first kappa shape index (κ1) is 17.5. The molecule has 0 radical (unpaired) electrons. The maximum Gasteiger partial charge on any atom is 0.471 e. The van der Waals surface area contributed by atoms with Crippen molar-refractivity contribution in [2.45, 2.75) is 19.6 Å². The van der Waals surface area contributed by atoms with Crippen molar-refractivity contribution in [2.75, 3.05) is 0 Å². The molecule has 1 heterocycles. The fourth-order valence-corrected chi connectivity index (χ4v) is 1.65. The maximum atomic E-state index is 13.9. The molecule has 24 heavy (non-hydrogen) atoms. The number of hydrogen-bond acceptors (Lipinski definition) is 5. The van der Waals surface area contributed by atoms with Crippen molar-refractivity contribution >= 4 is 11.7 Å². The lowest BCUT2D eigenvalue weighted by Crippen LogP contribution is -2.29. The molecule has 0 atom stereocenters. The van der Waals surface area contributed by atoms with E-state index in [0.29, 0.717) is 12.1 Å². The van der Waals surface area contributed by atoms with E-state index in [1.54, 1.807) is 0 Å². The van der Waals surface area contributed by atoms with E-state index in [9.17, 15) is 31.5 Å².